The number of nitrogens with zero attached hydrogens (tertiary/aromatic N) is 3. The van der Waals surface area contributed by atoms with Gasteiger partial charge in [-0.25, -0.2) is 0 Å². The standard InChI is InChI=1S/C25H23ClN4O3/c1-16(31)30-25(33-24(28-30)17-9-13-22(14-10-17)29(2)3)18-7-11-21(12-8-18)27-23(32)19-5-4-6-20(26)15-19/h4-15,25H,1-3H3,(H,27,32). The summed E-state index contributed by atoms with van der Waals surface area (Å²) in [5.74, 6) is -0.128. The molecule has 0 aromatic heterocycles. The Labute approximate surface area is 197 Å². The number of amides is 2. The van der Waals surface area contributed by atoms with Gasteiger partial charge in [0.15, 0.2) is 0 Å². The third kappa shape index (κ3) is 4.99. The first-order valence-corrected chi connectivity index (χ1v) is 10.7. The first-order valence-electron chi connectivity index (χ1n) is 10.3. The first kappa shape index (κ1) is 22.4. The number of benzene rings is 3. The van der Waals surface area contributed by atoms with E-state index in [0.717, 1.165) is 16.8 Å². The number of hydrogen-bond donors (Lipinski definition) is 1. The van der Waals surface area contributed by atoms with Crippen molar-refractivity contribution in [1.29, 1.82) is 0 Å². The summed E-state index contributed by atoms with van der Waals surface area (Å²) in [7, 11) is 3.93. The zero-order valence-electron chi connectivity index (χ0n) is 18.4. The van der Waals surface area contributed by atoms with Gasteiger partial charge in [-0.05, 0) is 54.6 Å². The molecule has 1 aliphatic heterocycles. The van der Waals surface area contributed by atoms with Gasteiger partial charge in [0.2, 0.25) is 18.0 Å². The number of hydrogen-bond acceptors (Lipinski definition) is 5. The summed E-state index contributed by atoms with van der Waals surface area (Å²) in [6.07, 6.45) is -0.691. The van der Waals surface area contributed by atoms with Gasteiger partial charge in [-0.3, -0.25) is 9.59 Å². The Morgan fingerprint density at radius 1 is 1.03 bits per heavy atom. The van der Waals surface area contributed by atoms with Gasteiger partial charge in [-0.15, -0.1) is 5.10 Å². The molecule has 0 radical (unpaired) electrons. The summed E-state index contributed by atoms with van der Waals surface area (Å²) in [6, 6.07) is 21.6. The van der Waals surface area contributed by atoms with E-state index >= 15 is 0 Å². The molecule has 33 heavy (non-hydrogen) atoms. The fourth-order valence-corrected chi connectivity index (χ4v) is 3.56. The van der Waals surface area contributed by atoms with Gasteiger partial charge in [0.05, 0.1) is 0 Å². The van der Waals surface area contributed by atoms with Crippen LogP contribution in [0.1, 0.15) is 34.6 Å². The van der Waals surface area contributed by atoms with Crippen molar-refractivity contribution in [3.63, 3.8) is 0 Å². The fraction of sp³-hybridized carbons (Fsp3) is 0.160. The van der Waals surface area contributed by atoms with Crippen molar-refractivity contribution >= 4 is 40.7 Å². The van der Waals surface area contributed by atoms with E-state index in [2.05, 4.69) is 10.4 Å². The molecule has 0 aliphatic carbocycles. The van der Waals surface area contributed by atoms with E-state index in [0.29, 0.717) is 22.2 Å². The maximum Gasteiger partial charge on any atom is 0.255 e. The Morgan fingerprint density at radius 2 is 1.73 bits per heavy atom. The number of hydrazone groups is 1. The average molecular weight is 463 g/mol. The normalized spacial score (nSPS) is 15.0. The third-order valence-corrected chi connectivity index (χ3v) is 5.37. The highest BCUT2D eigenvalue weighted by atomic mass is 35.5. The summed E-state index contributed by atoms with van der Waals surface area (Å²) >= 11 is 5.96. The highest BCUT2D eigenvalue weighted by Gasteiger charge is 2.33. The SMILES string of the molecule is CC(=O)N1N=C(c2ccc(N(C)C)cc2)OC1c1ccc(NC(=O)c2cccc(Cl)c2)cc1. The van der Waals surface area contributed by atoms with E-state index in [1.54, 1.807) is 48.5 Å². The molecular formula is C25H23ClN4O3. The lowest BCUT2D eigenvalue weighted by Crippen LogP contribution is -2.25. The van der Waals surface area contributed by atoms with Gasteiger partial charge in [-0.1, -0.05) is 29.8 Å². The Bertz CT molecular complexity index is 1210. The molecule has 2 amide bonds. The predicted molar refractivity (Wildman–Crippen MR) is 129 cm³/mol. The van der Waals surface area contributed by atoms with Gasteiger partial charge in [0, 0.05) is 54.1 Å². The number of anilines is 2. The molecule has 1 aliphatic rings. The molecule has 3 aromatic rings. The lowest BCUT2D eigenvalue weighted by molar-refractivity contribution is -0.135. The maximum atomic E-state index is 12.4. The summed E-state index contributed by atoms with van der Waals surface area (Å²) < 4.78 is 6.05. The van der Waals surface area contributed by atoms with E-state index in [4.69, 9.17) is 16.3 Å². The molecule has 1 N–H and O–H groups in total. The van der Waals surface area contributed by atoms with Crippen LogP contribution < -0.4 is 10.2 Å². The van der Waals surface area contributed by atoms with Crippen LogP contribution in [0.25, 0.3) is 0 Å². The zero-order valence-corrected chi connectivity index (χ0v) is 19.2. The van der Waals surface area contributed by atoms with Crippen LogP contribution in [0.15, 0.2) is 77.9 Å². The number of carbonyl (C=O) groups is 2. The minimum absolute atomic E-state index is 0.238. The smallest absolute Gasteiger partial charge is 0.255 e. The molecule has 0 bridgehead atoms. The maximum absolute atomic E-state index is 12.4. The summed E-state index contributed by atoms with van der Waals surface area (Å²) in [4.78, 5) is 26.7. The number of nitrogens with one attached hydrogen (secondary N) is 1. The Morgan fingerprint density at radius 3 is 2.33 bits per heavy atom. The molecule has 7 nitrogen and oxygen atoms in total. The second-order valence-corrected chi connectivity index (χ2v) is 8.20. The lowest BCUT2D eigenvalue weighted by atomic mass is 10.1. The van der Waals surface area contributed by atoms with E-state index in [9.17, 15) is 9.59 Å². The van der Waals surface area contributed by atoms with Crippen LogP contribution >= 0.6 is 11.6 Å². The second-order valence-electron chi connectivity index (χ2n) is 7.77. The molecule has 0 fully saturated rings. The van der Waals surface area contributed by atoms with Crippen LogP contribution in [-0.4, -0.2) is 36.8 Å². The van der Waals surface area contributed by atoms with Crippen molar-refractivity contribution in [3.8, 4) is 0 Å². The lowest BCUT2D eigenvalue weighted by Gasteiger charge is -2.19. The highest BCUT2D eigenvalue weighted by Crippen LogP contribution is 2.31. The van der Waals surface area contributed by atoms with Crippen LogP contribution in [0.4, 0.5) is 11.4 Å². The molecule has 168 valence electrons. The molecule has 1 heterocycles. The summed E-state index contributed by atoms with van der Waals surface area (Å²) in [5.41, 5.74) is 3.63. The molecule has 4 rings (SSSR count). The van der Waals surface area contributed by atoms with Crippen molar-refractivity contribution in [3.05, 3.63) is 94.5 Å². The fourth-order valence-electron chi connectivity index (χ4n) is 3.37. The summed E-state index contributed by atoms with van der Waals surface area (Å²) in [5, 5.41) is 9.03. The van der Waals surface area contributed by atoms with Gasteiger partial charge in [0.25, 0.3) is 5.91 Å². The highest BCUT2D eigenvalue weighted by molar-refractivity contribution is 6.31. The van der Waals surface area contributed by atoms with Gasteiger partial charge in [0.1, 0.15) is 0 Å². The summed E-state index contributed by atoms with van der Waals surface area (Å²) in [6.45, 7) is 1.44. The van der Waals surface area contributed by atoms with E-state index < -0.39 is 6.23 Å². The molecule has 0 saturated carbocycles. The zero-order chi connectivity index (χ0) is 23.5. The molecule has 1 unspecified atom stereocenters. The van der Waals surface area contributed by atoms with Crippen molar-refractivity contribution < 1.29 is 14.3 Å². The molecule has 0 saturated heterocycles. The van der Waals surface area contributed by atoms with Crippen LogP contribution in [0.5, 0.6) is 0 Å². The van der Waals surface area contributed by atoms with Crippen LogP contribution in [0.3, 0.4) is 0 Å². The van der Waals surface area contributed by atoms with Gasteiger partial charge < -0.3 is 15.0 Å². The quantitative estimate of drug-likeness (QED) is 0.585. The van der Waals surface area contributed by atoms with Gasteiger partial charge in [-0.2, -0.15) is 5.01 Å². The minimum atomic E-state index is -0.691. The molecule has 1 atom stereocenters. The number of halogens is 1. The average Bonchev–Trinajstić information content (AvgIpc) is 3.25. The molecular weight excluding hydrogens is 440 g/mol. The molecule has 0 spiro atoms. The van der Waals surface area contributed by atoms with Crippen molar-refractivity contribution in [2.24, 2.45) is 5.10 Å². The predicted octanol–water partition coefficient (Wildman–Crippen LogP) is 4.90. The third-order valence-electron chi connectivity index (χ3n) is 5.14. The first-order chi connectivity index (χ1) is 15.8. The molecule has 8 heteroatoms. The van der Waals surface area contributed by atoms with Crippen LogP contribution in [-0.2, 0) is 9.53 Å². The topological polar surface area (TPSA) is 74.2 Å². The van der Waals surface area contributed by atoms with E-state index in [1.807, 2.05) is 43.3 Å². The monoisotopic (exact) mass is 462 g/mol. The second kappa shape index (κ2) is 9.34. The number of carbonyl (C=O) groups excluding carboxylic acids is 2. The van der Waals surface area contributed by atoms with Crippen molar-refractivity contribution in [2.75, 3.05) is 24.3 Å². The van der Waals surface area contributed by atoms with E-state index in [1.165, 1.54) is 11.9 Å². The van der Waals surface area contributed by atoms with Crippen molar-refractivity contribution in [2.45, 2.75) is 13.2 Å². The number of ether oxygens (including phenoxy) is 1. The van der Waals surface area contributed by atoms with E-state index in [-0.39, 0.29) is 11.8 Å². The van der Waals surface area contributed by atoms with Crippen molar-refractivity contribution in [1.82, 2.24) is 5.01 Å². The Balaban J connectivity index is 1.50. The Hall–Kier alpha value is -3.84. The molecule has 3 aromatic carbocycles. The van der Waals surface area contributed by atoms with Crippen LogP contribution in [0, 0.1) is 0 Å². The Kier molecular flexibility index (Phi) is 6.33. The van der Waals surface area contributed by atoms with Crippen LogP contribution in [0.2, 0.25) is 5.02 Å². The number of rotatable bonds is 5. The minimum Gasteiger partial charge on any atom is -0.446 e. The largest absolute Gasteiger partial charge is 0.446 e. The van der Waals surface area contributed by atoms with Gasteiger partial charge >= 0.3 is 0 Å².